The van der Waals surface area contributed by atoms with Crippen LogP contribution < -0.4 is 15.5 Å². The van der Waals surface area contributed by atoms with E-state index in [0.717, 1.165) is 22.6 Å². The minimum absolute atomic E-state index is 0.0827. The van der Waals surface area contributed by atoms with Crippen molar-refractivity contribution in [3.05, 3.63) is 69.5 Å². The first kappa shape index (κ1) is 19.3. The Balaban J connectivity index is 1.54. The Hall–Kier alpha value is -2.44. The van der Waals surface area contributed by atoms with Crippen molar-refractivity contribution in [2.45, 2.75) is 12.7 Å². The number of benzene rings is 2. The van der Waals surface area contributed by atoms with Crippen molar-refractivity contribution in [3.8, 4) is 5.75 Å². The maximum atomic E-state index is 12.2. The molecule has 0 aliphatic heterocycles. The molecule has 0 aliphatic carbocycles. The van der Waals surface area contributed by atoms with Gasteiger partial charge in [0, 0.05) is 39.1 Å². The molecule has 5 nitrogen and oxygen atoms in total. The van der Waals surface area contributed by atoms with E-state index in [2.05, 4.69) is 10.3 Å². The number of fused-ring (bicyclic) bond motifs is 1. The van der Waals surface area contributed by atoms with E-state index in [0.29, 0.717) is 22.8 Å². The minimum Gasteiger partial charge on any atom is -0.494 e. The lowest BCUT2D eigenvalue weighted by atomic mass is 10.2. The normalized spacial score (nSPS) is 10.7. The summed E-state index contributed by atoms with van der Waals surface area (Å²) in [6, 6.07) is 14.0. The fraction of sp³-hybridized carbons (Fsp3) is 0.200. The number of nitrogens with one attached hydrogen (secondary N) is 2. The highest BCUT2D eigenvalue weighted by Gasteiger charge is 2.06. The summed E-state index contributed by atoms with van der Waals surface area (Å²) < 4.78 is 5.37. The quantitative estimate of drug-likeness (QED) is 0.612. The zero-order valence-corrected chi connectivity index (χ0v) is 16.3. The summed E-state index contributed by atoms with van der Waals surface area (Å²) in [5.41, 5.74) is 2.15. The second kappa shape index (κ2) is 8.97. The first-order valence-corrected chi connectivity index (χ1v) is 10.0. The molecule has 7 heteroatoms. The zero-order chi connectivity index (χ0) is 19.2. The molecule has 0 atom stereocenters. The minimum atomic E-state index is -0.0981. The third-order valence-electron chi connectivity index (χ3n) is 3.79. The van der Waals surface area contributed by atoms with Crippen LogP contribution in [0, 0.1) is 0 Å². The first-order valence-electron chi connectivity index (χ1n) is 8.47. The summed E-state index contributed by atoms with van der Waals surface area (Å²) in [5.74, 6) is 1.49. The molecule has 2 aromatic carbocycles. The lowest BCUT2D eigenvalue weighted by Gasteiger charge is -2.08. The largest absolute Gasteiger partial charge is 0.494 e. The molecule has 0 aliphatic rings. The number of aromatic nitrogens is 1. The van der Waals surface area contributed by atoms with Gasteiger partial charge in [0.2, 0.25) is 5.91 Å². The lowest BCUT2D eigenvalue weighted by molar-refractivity contribution is -0.113. The van der Waals surface area contributed by atoms with Gasteiger partial charge in [-0.15, -0.1) is 11.8 Å². The van der Waals surface area contributed by atoms with E-state index in [-0.39, 0.29) is 17.1 Å². The van der Waals surface area contributed by atoms with Crippen LogP contribution in [0.1, 0.15) is 12.6 Å². The Labute approximate surface area is 166 Å². The van der Waals surface area contributed by atoms with Gasteiger partial charge in [-0.2, -0.15) is 0 Å². The Morgan fingerprint density at radius 3 is 2.70 bits per heavy atom. The fourth-order valence-corrected chi connectivity index (χ4v) is 3.51. The van der Waals surface area contributed by atoms with Crippen LogP contribution in [0.5, 0.6) is 5.75 Å². The molecule has 0 fully saturated rings. The van der Waals surface area contributed by atoms with Gasteiger partial charge in [-0.1, -0.05) is 11.6 Å². The van der Waals surface area contributed by atoms with E-state index in [1.54, 1.807) is 36.4 Å². The van der Waals surface area contributed by atoms with Crippen LogP contribution in [-0.2, 0) is 10.5 Å². The van der Waals surface area contributed by atoms with Gasteiger partial charge in [-0.25, -0.2) is 0 Å². The molecule has 0 saturated carbocycles. The number of hydrogen-bond donors (Lipinski definition) is 2. The smallest absolute Gasteiger partial charge is 0.234 e. The molecule has 0 bridgehead atoms. The van der Waals surface area contributed by atoms with Crippen molar-refractivity contribution < 1.29 is 9.53 Å². The van der Waals surface area contributed by atoms with E-state index in [1.165, 1.54) is 11.8 Å². The summed E-state index contributed by atoms with van der Waals surface area (Å²) in [7, 11) is 0. The molecule has 3 aromatic rings. The average Bonchev–Trinajstić information content (AvgIpc) is 2.64. The van der Waals surface area contributed by atoms with Gasteiger partial charge in [0.25, 0.3) is 0 Å². The standard InChI is InChI=1S/C20H19ClN2O3S/c1-2-26-16-6-4-14(5-7-16)23-20(25)12-27-11-15-10-19(24)17-9-13(21)3-8-18(17)22-15/h3-10H,2,11-12H2,1H3,(H,22,24)(H,23,25). The third kappa shape index (κ3) is 5.28. The number of carbonyl (C=O) groups excluding carboxylic acids is 1. The van der Waals surface area contributed by atoms with E-state index in [4.69, 9.17) is 16.3 Å². The number of amides is 1. The predicted octanol–water partition coefficient (Wildman–Crippen LogP) is 4.45. The summed E-state index contributed by atoms with van der Waals surface area (Å²) in [5, 5.41) is 3.93. The van der Waals surface area contributed by atoms with Gasteiger partial charge in [-0.3, -0.25) is 9.59 Å². The molecule has 1 amide bonds. The van der Waals surface area contributed by atoms with Gasteiger partial charge in [-0.05, 0) is 49.4 Å². The van der Waals surface area contributed by atoms with Crippen LogP contribution in [0.3, 0.4) is 0 Å². The lowest BCUT2D eigenvalue weighted by Crippen LogP contribution is -2.14. The Kier molecular flexibility index (Phi) is 6.42. The molecule has 0 spiro atoms. The topological polar surface area (TPSA) is 71.2 Å². The SMILES string of the molecule is CCOc1ccc(NC(=O)CSCc2cc(=O)c3cc(Cl)ccc3[nH]2)cc1. The number of hydrogen-bond acceptors (Lipinski definition) is 4. The number of ether oxygens (including phenoxy) is 1. The predicted molar refractivity (Wildman–Crippen MR) is 112 cm³/mol. The van der Waals surface area contributed by atoms with Crippen molar-refractivity contribution >= 4 is 45.9 Å². The number of thioether (sulfide) groups is 1. The van der Waals surface area contributed by atoms with Crippen molar-refractivity contribution in [2.75, 3.05) is 17.7 Å². The van der Waals surface area contributed by atoms with E-state index >= 15 is 0 Å². The number of H-pyrrole nitrogens is 1. The van der Waals surface area contributed by atoms with E-state index in [1.807, 2.05) is 19.1 Å². The molecular weight excluding hydrogens is 384 g/mol. The molecule has 140 valence electrons. The highest BCUT2D eigenvalue weighted by Crippen LogP contribution is 2.18. The number of aromatic amines is 1. The van der Waals surface area contributed by atoms with E-state index < -0.39 is 0 Å². The van der Waals surface area contributed by atoms with Crippen molar-refractivity contribution in [2.24, 2.45) is 0 Å². The van der Waals surface area contributed by atoms with Gasteiger partial charge >= 0.3 is 0 Å². The monoisotopic (exact) mass is 402 g/mol. The molecule has 2 N–H and O–H groups in total. The highest BCUT2D eigenvalue weighted by molar-refractivity contribution is 7.99. The van der Waals surface area contributed by atoms with Crippen LogP contribution in [-0.4, -0.2) is 23.3 Å². The molecule has 1 aromatic heterocycles. The number of pyridine rings is 1. The average molecular weight is 403 g/mol. The van der Waals surface area contributed by atoms with Gasteiger partial charge < -0.3 is 15.0 Å². The van der Waals surface area contributed by atoms with Crippen LogP contribution in [0.2, 0.25) is 5.02 Å². The number of carbonyl (C=O) groups is 1. The van der Waals surface area contributed by atoms with Crippen LogP contribution in [0.15, 0.2) is 53.3 Å². The third-order valence-corrected chi connectivity index (χ3v) is 5.00. The van der Waals surface area contributed by atoms with Crippen molar-refractivity contribution in [1.29, 1.82) is 0 Å². The molecule has 3 rings (SSSR count). The number of anilines is 1. The maximum Gasteiger partial charge on any atom is 0.234 e. The van der Waals surface area contributed by atoms with Gasteiger partial charge in [0.1, 0.15) is 5.75 Å². The summed E-state index contributed by atoms with van der Waals surface area (Å²) >= 11 is 7.36. The molecule has 0 radical (unpaired) electrons. The molecular formula is C20H19ClN2O3S. The summed E-state index contributed by atoms with van der Waals surface area (Å²) in [6.07, 6.45) is 0. The van der Waals surface area contributed by atoms with Crippen LogP contribution in [0.4, 0.5) is 5.69 Å². The molecule has 0 unspecified atom stereocenters. The second-order valence-corrected chi connectivity index (χ2v) is 7.27. The molecule has 0 saturated heterocycles. The Morgan fingerprint density at radius 1 is 1.19 bits per heavy atom. The molecule has 27 heavy (non-hydrogen) atoms. The van der Waals surface area contributed by atoms with Gasteiger partial charge in [0.05, 0.1) is 12.4 Å². The fourth-order valence-electron chi connectivity index (χ4n) is 2.60. The van der Waals surface area contributed by atoms with Crippen LogP contribution in [0.25, 0.3) is 10.9 Å². The second-order valence-electron chi connectivity index (χ2n) is 5.85. The van der Waals surface area contributed by atoms with E-state index in [9.17, 15) is 9.59 Å². The highest BCUT2D eigenvalue weighted by atomic mass is 35.5. The van der Waals surface area contributed by atoms with Crippen molar-refractivity contribution in [3.63, 3.8) is 0 Å². The maximum absolute atomic E-state index is 12.2. The number of rotatable bonds is 7. The summed E-state index contributed by atoms with van der Waals surface area (Å²) in [6.45, 7) is 2.52. The Bertz CT molecular complexity index is 1000. The first-order chi connectivity index (χ1) is 13.0. The molecule has 1 heterocycles. The van der Waals surface area contributed by atoms with Crippen LogP contribution >= 0.6 is 23.4 Å². The zero-order valence-electron chi connectivity index (χ0n) is 14.8. The Morgan fingerprint density at radius 2 is 1.96 bits per heavy atom. The van der Waals surface area contributed by atoms with Crippen molar-refractivity contribution in [1.82, 2.24) is 4.98 Å². The van der Waals surface area contributed by atoms with Gasteiger partial charge in [0.15, 0.2) is 5.43 Å². The number of halogens is 1. The summed E-state index contributed by atoms with van der Waals surface area (Å²) in [4.78, 5) is 27.5.